The molecule has 0 fully saturated rings. The Kier molecular flexibility index (Phi) is 5.02. The summed E-state index contributed by atoms with van der Waals surface area (Å²) in [5.74, 6) is -0.360. The van der Waals surface area contributed by atoms with Crippen LogP contribution in [0.4, 0.5) is 5.69 Å². The lowest BCUT2D eigenvalue weighted by atomic mass is 10.0. The van der Waals surface area contributed by atoms with Crippen LogP contribution >= 0.6 is 11.6 Å². The quantitative estimate of drug-likeness (QED) is 0.857. The third-order valence-electron chi connectivity index (χ3n) is 3.07. The summed E-state index contributed by atoms with van der Waals surface area (Å²) in [5, 5.41) is 3.76. The molecule has 0 spiro atoms. The van der Waals surface area contributed by atoms with Gasteiger partial charge in [0, 0.05) is 10.7 Å². The first-order valence-corrected chi connectivity index (χ1v) is 6.88. The van der Waals surface area contributed by atoms with Crippen LogP contribution in [0.2, 0.25) is 5.02 Å². The summed E-state index contributed by atoms with van der Waals surface area (Å²) in [6.45, 7) is 0. The molecule has 0 heterocycles. The fourth-order valence-electron chi connectivity index (χ4n) is 2.02. The molecule has 3 nitrogen and oxygen atoms in total. The molecule has 20 heavy (non-hydrogen) atoms. The van der Waals surface area contributed by atoms with Crippen molar-refractivity contribution in [3.63, 3.8) is 0 Å². The van der Waals surface area contributed by atoms with Gasteiger partial charge >= 0.3 is 0 Å². The van der Waals surface area contributed by atoms with Crippen LogP contribution in [0.3, 0.4) is 0 Å². The lowest BCUT2D eigenvalue weighted by Gasteiger charge is -2.17. The van der Waals surface area contributed by atoms with Gasteiger partial charge in [-0.1, -0.05) is 48.0 Å². The fraction of sp³-hybridized carbons (Fsp3) is 0.188. The number of halogens is 1. The van der Waals surface area contributed by atoms with Crippen molar-refractivity contribution < 1.29 is 4.79 Å². The average Bonchev–Trinajstić information content (AvgIpc) is 2.44. The molecule has 0 aliphatic rings. The van der Waals surface area contributed by atoms with Crippen LogP contribution in [0.25, 0.3) is 0 Å². The van der Waals surface area contributed by atoms with E-state index in [1.807, 2.05) is 42.5 Å². The Labute approximate surface area is 123 Å². The Balaban J connectivity index is 1.99. The second kappa shape index (κ2) is 6.96. The van der Waals surface area contributed by atoms with Crippen LogP contribution in [0.5, 0.6) is 0 Å². The smallest absolute Gasteiger partial charge is 0.239 e. The largest absolute Gasteiger partial charge is 0.374 e. The molecule has 2 rings (SSSR count). The normalized spacial score (nSPS) is 11.8. The maximum Gasteiger partial charge on any atom is 0.239 e. The third kappa shape index (κ3) is 4.28. The van der Waals surface area contributed by atoms with E-state index in [0.717, 1.165) is 12.1 Å². The van der Waals surface area contributed by atoms with Gasteiger partial charge in [-0.25, -0.2) is 0 Å². The van der Waals surface area contributed by atoms with Crippen molar-refractivity contribution in [2.24, 2.45) is 5.73 Å². The topological polar surface area (TPSA) is 55.1 Å². The molecular formula is C16H17ClN2O. The van der Waals surface area contributed by atoms with E-state index in [9.17, 15) is 4.79 Å². The number of amides is 1. The van der Waals surface area contributed by atoms with E-state index in [2.05, 4.69) is 5.32 Å². The number of hydrogen-bond acceptors (Lipinski definition) is 2. The molecule has 3 N–H and O–H groups in total. The molecule has 2 aromatic rings. The van der Waals surface area contributed by atoms with Crippen molar-refractivity contribution in [1.82, 2.24) is 0 Å². The van der Waals surface area contributed by atoms with Gasteiger partial charge in [-0.3, -0.25) is 4.79 Å². The van der Waals surface area contributed by atoms with Gasteiger partial charge in [-0.2, -0.15) is 0 Å². The van der Waals surface area contributed by atoms with E-state index in [4.69, 9.17) is 17.3 Å². The molecule has 104 valence electrons. The molecule has 0 saturated heterocycles. The second-order valence-electron chi connectivity index (χ2n) is 4.63. The van der Waals surface area contributed by atoms with Gasteiger partial charge in [-0.05, 0) is 36.6 Å². The number of nitrogens with two attached hydrogens (primary N) is 1. The summed E-state index contributed by atoms with van der Waals surface area (Å²) in [4.78, 5) is 11.5. The summed E-state index contributed by atoms with van der Waals surface area (Å²) in [6.07, 6.45) is 1.44. The van der Waals surface area contributed by atoms with Gasteiger partial charge < -0.3 is 11.1 Å². The lowest BCUT2D eigenvalue weighted by Crippen LogP contribution is -2.35. The summed E-state index contributed by atoms with van der Waals surface area (Å²) >= 11 is 5.92. The number of anilines is 1. The van der Waals surface area contributed by atoms with Crippen molar-refractivity contribution in [2.45, 2.75) is 18.9 Å². The number of hydrogen-bond donors (Lipinski definition) is 2. The number of carbonyl (C=O) groups is 1. The van der Waals surface area contributed by atoms with Crippen LogP contribution in [0.15, 0.2) is 54.6 Å². The molecule has 2 aromatic carbocycles. The molecule has 1 amide bonds. The highest BCUT2D eigenvalue weighted by molar-refractivity contribution is 6.30. The number of rotatable bonds is 6. The number of primary amides is 1. The van der Waals surface area contributed by atoms with Crippen molar-refractivity contribution in [1.29, 1.82) is 0 Å². The molecule has 0 radical (unpaired) electrons. The summed E-state index contributed by atoms with van der Waals surface area (Å²) < 4.78 is 0. The molecule has 0 aliphatic carbocycles. The number of carbonyl (C=O) groups excluding carboxylic acids is 1. The van der Waals surface area contributed by atoms with E-state index in [0.29, 0.717) is 11.4 Å². The number of benzene rings is 2. The summed E-state index contributed by atoms with van der Waals surface area (Å²) in [5.41, 5.74) is 7.44. The van der Waals surface area contributed by atoms with Gasteiger partial charge in [0.05, 0.1) is 0 Å². The summed E-state index contributed by atoms with van der Waals surface area (Å²) in [7, 11) is 0. The van der Waals surface area contributed by atoms with E-state index < -0.39 is 6.04 Å². The molecule has 0 saturated carbocycles. The van der Waals surface area contributed by atoms with E-state index >= 15 is 0 Å². The molecule has 4 heteroatoms. The zero-order chi connectivity index (χ0) is 14.4. The minimum absolute atomic E-state index is 0.360. The van der Waals surface area contributed by atoms with Crippen molar-refractivity contribution in [3.05, 3.63) is 65.2 Å². The molecule has 1 atom stereocenters. The highest BCUT2D eigenvalue weighted by atomic mass is 35.5. The molecule has 0 aliphatic heterocycles. The van der Waals surface area contributed by atoms with E-state index in [-0.39, 0.29) is 5.91 Å². The SMILES string of the molecule is NC(=O)C(CCc1ccccc1)Nc1cccc(Cl)c1. The minimum Gasteiger partial charge on any atom is -0.374 e. The van der Waals surface area contributed by atoms with Crippen LogP contribution < -0.4 is 11.1 Å². The zero-order valence-electron chi connectivity index (χ0n) is 11.1. The fourth-order valence-corrected chi connectivity index (χ4v) is 2.21. The highest BCUT2D eigenvalue weighted by Gasteiger charge is 2.15. The third-order valence-corrected chi connectivity index (χ3v) is 3.31. The Hall–Kier alpha value is -2.00. The van der Waals surface area contributed by atoms with Crippen LogP contribution in [-0.2, 0) is 11.2 Å². The molecular weight excluding hydrogens is 272 g/mol. The zero-order valence-corrected chi connectivity index (χ0v) is 11.8. The monoisotopic (exact) mass is 288 g/mol. The first kappa shape index (κ1) is 14.4. The standard InChI is InChI=1S/C16H17ClN2O/c17-13-7-4-8-14(11-13)19-15(16(18)20)10-9-12-5-2-1-3-6-12/h1-8,11,15,19H,9-10H2,(H2,18,20). The average molecular weight is 289 g/mol. The molecule has 1 unspecified atom stereocenters. The first-order chi connectivity index (χ1) is 9.65. The van der Waals surface area contributed by atoms with Gasteiger partial charge in [-0.15, -0.1) is 0 Å². The van der Waals surface area contributed by atoms with Gasteiger partial charge in [0.25, 0.3) is 0 Å². The Bertz CT molecular complexity index is 572. The van der Waals surface area contributed by atoms with Crippen molar-refractivity contribution >= 4 is 23.2 Å². The lowest BCUT2D eigenvalue weighted by molar-refractivity contribution is -0.118. The maximum absolute atomic E-state index is 11.5. The Morgan fingerprint density at radius 3 is 2.55 bits per heavy atom. The van der Waals surface area contributed by atoms with Gasteiger partial charge in [0.1, 0.15) is 6.04 Å². The summed E-state index contributed by atoms with van der Waals surface area (Å²) in [6, 6.07) is 16.9. The second-order valence-corrected chi connectivity index (χ2v) is 5.07. The first-order valence-electron chi connectivity index (χ1n) is 6.50. The van der Waals surface area contributed by atoms with Crippen molar-refractivity contribution in [3.8, 4) is 0 Å². The predicted molar refractivity (Wildman–Crippen MR) is 82.8 cm³/mol. The van der Waals surface area contributed by atoms with Crippen LogP contribution in [0.1, 0.15) is 12.0 Å². The number of aryl methyl sites for hydroxylation is 1. The highest BCUT2D eigenvalue weighted by Crippen LogP contribution is 2.17. The van der Waals surface area contributed by atoms with E-state index in [1.54, 1.807) is 12.1 Å². The van der Waals surface area contributed by atoms with Crippen LogP contribution in [-0.4, -0.2) is 11.9 Å². The Morgan fingerprint density at radius 1 is 1.15 bits per heavy atom. The predicted octanol–water partition coefficient (Wildman–Crippen LogP) is 3.24. The number of nitrogens with one attached hydrogen (secondary N) is 1. The molecule has 0 bridgehead atoms. The van der Waals surface area contributed by atoms with E-state index in [1.165, 1.54) is 5.56 Å². The van der Waals surface area contributed by atoms with Gasteiger partial charge in [0.15, 0.2) is 0 Å². The Morgan fingerprint density at radius 2 is 1.90 bits per heavy atom. The molecule has 0 aromatic heterocycles. The minimum atomic E-state index is -0.409. The van der Waals surface area contributed by atoms with Crippen molar-refractivity contribution in [2.75, 3.05) is 5.32 Å². The maximum atomic E-state index is 11.5. The van der Waals surface area contributed by atoms with Gasteiger partial charge in [0.2, 0.25) is 5.91 Å². The van der Waals surface area contributed by atoms with Crippen LogP contribution in [0, 0.1) is 0 Å².